The SMILES string of the molecule is CONC(=O)Cl. The molecule has 1 N–H and O–H groups in total. The number of hydroxylamine groups is 1. The number of carbonyl (C=O) groups excluding carboxylic acids is 1. The van der Waals surface area contributed by atoms with E-state index >= 15 is 0 Å². The lowest BCUT2D eigenvalue weighted by molar-refractivity contribution is 0.119. The lowest BCUT2D eigenvalue weighted by Gasteiger charge is -1.87. The van der Waals surface area contributed by atoms with E-state index in [-0.39, 0.29) is 0 Å². The third-order valence-corrected chi connectivity index (χ3v) is 0.259. The van der Waals surface area contributed by atoms with E-state index in [2.05, 4.69) is 4.84 Å². The van der Waals surface area contributed by atoms with Gasteiger partial charge in [0.1, 0.15) is 0 Å². The van der Waals surface area contributed by atoms with Crippen LogP contribution in [-0.2, 0) is 4.84 Å². The number of hydrogen-bond acceptors (Lipinski definition) is 2. The second-order valence-corrected chi connectivity index (χ2v) is 0.923. The van der Waals surface area contributed by atoms with Crippen molar-refractivity contribution in [3.63, 3.8) is 0 Å². The zero-order valence-corrected chi connectivity index (χ0v) is 3.95. The van der Waals surface area contributed by atoms with Crippen molar-refractivity contribution in [2.75, 3.05) is 7.11 Å². The van der Waals surface area contributed by atoms with Crippen molar-refractivity contribution in [1.82, 2.24) is 5.48 Å². The second-order valence-electron chi connectivity index (χ2n) is 0.580. The van der Waals surface area contributed by atoms with Gasteiger partial charge in [-0.1, -0.05) is 0 Å². The van der Waals surface area contributed by atoms with Gasteiger partial charge in [-0.15, -0.1) is 0 Å². The topological polar surface area (TPSA) is 38.3 Å². The molecule has 4 heteroatoms. The highest BCUT2D eigenvalue weighted by atomic mass is 35.5. The van der Waals surface area contributed by atoms with Gasteiger partial charge in [0.25, 0.3) is 0 Å². The predicted octanol–water partition coefficient (Wildman–Crippen LogP) is 0.496. The third-order valence-electron chi connectivity index (χ3n) is 0.182. The molecule has 0 aromatic heterocycles. The average molecular weight is 110 g/mol. The number of hydrogen-bond donors (Lipinski definition) is 1. The van der Waals surface area contributed by atoms with Gasteiger partial charge in [-0.05, 0) is 11.6 Å². The van der Waals surface area contributed by atoms with Crippen LogP contribution in [0.2, 0.25) is 0 Å². The largest absolute Gasteiger partial charge is 0.337 e. The number of halogens is 1. The molecule has 0 aliphatic heterocycles. The van der Waals surface area contributed by atoms with Crippen LogP contribution in [0.5, 0.6) is 0 Å². The van der Waals surface area contributed by atoms with E-state index in [1.54, 1.807) is 0 Å². The van der Waals surface area contributed by atoms with Gasteiger partial charge in [-0.3, -0.25) is 9.63 Å². The molecule has 0 atom stereocenters. The van der Waals surface area contributed by atoms with Gasteiger partial charge in [0.15, 0.2) is 0 Å². The van der Waals surface area contributed by atoms with Crippen LogP contribution < -0.4 is 5.48 Å². The molecule has 0 aliphatic rings. The summed E-state index contributed by atoms with van der Waals surface area (Å²) in [5.74, 6) is 0. The van der Waals surface area contributed by atoms with Crippen LogP contribution in [0, 0.1) is 0 Å². The molecular formula is C2H4ClNO2. The highest BCUT2D eigenvalue weighted by molar-refractivity contribution is 6.62. The average Bonchev–Trinajstić information content (AvgIpc) is 1.35. The second kappa shape index (κ2) is 2.93. The molecule has 0 aromatic carbocycles. The minimum atomic E-state index is -0.711. The minimum absolute atomic E-state index is 0.711. The molecule has 0 aliphatic carbocycles. The molecule has 0 heterocycles. The summed E-state index contributed by atoms with van der Waals surface area (Å²) in [5, 5.41) is -0.711. The highest BCUT2D eigenvalue weighted by Gasteiger charge is 1.83. The van der Waals surface area contributed by atoms with Crippen molar-refractivity contribution in [2.24, 2.45) is 0 Å². The van der Waals surface area contributed by atoms with E-state index in [4.69, 9.17) is 11.6 Å². The van der Waals surface area contributed by atoms with Crippen molar-refractivity contribution in [3.8, 4) is 0 Å². The summed E-state index contributed by atoms with van der Waals surface area (Å²) in [6.45, 7) is 0. The van der Waals surface area contributed by atoms with Gasteiger partial charge in [0.05, 0.1) is 7.11 Å². The van der Waals surface area contributed by atoms with Gasteiger partial charge in [0.2, 0.25) is 0 Å². The van der Waals surface area contributed by atoms with E-state index in [9.17, 15) is 4.79 Å². The minimum Gasteiger partial charge on any atom is -0.276 e. The first-order valence-electron chi connectivity index (χ1n) is 1.26. The summed E-state index contributed by atoms with van der Waals surface area (Å²) in [6.07, 6.45) is 0. The van der Waals surface area contributed by atoms with Crippen LogP contribution in [0.1, 0.15) is 0 Å². The zero-order valence-electron chi connectivity index (χ0n) is 3.19. The number of amides is 1. The Bertz CT molecular complexity index is 55.5. The molecule has 0 fully saturated rings. The monoisotopic (exact) mass is 109 g/mol. The molecule has 1 amide bonds. The predicted molar refractivity (Wildman–Crippen MR) is 21.4 cm³/mol. The van der Waals surface area contributed by atoms with Crippen molar-refractivity contribution in [2.45, 2.75) is 0 Å². The molecular weight excluding hydrogens is 105 g/mol. The number of rotatable bonds is 1. The highest BCUT2D eigenvalue weighted by Crippen LogP contribution is 1.72. The van der Waals surface area contributed by atoms with Gasteiger partial charge in [-0.25, -0.2) is 5.48 Å². The number of carbonyl (C=O) groups is 1. The van der Waals surface area contributed by atoms with Crippen LogP contribution in [0.15, 0.2) is 0 Å². The Morgan fingerprint density at radius 2 is 2.50 bits per heavy atom. The van der Waals surface area contributed by atoms with E-state index in [0.717, 1.165) is 0 Å². The third kappa shape index (κ3) is 3.72. The quantitative estimate of drug-likeness (QED) is 0.303. The fourth-order valence-corrected chi connectivity index (χ4v) is 0.157. The van der Waals surface area contributed by atoms with Crippen molar-refractivity contribution in [1.29, 1.82) is 0 Å². The molecule has 0 aromatic rings. The molecule has 3 nitrogen and oxygen atoms in total. The molecule has 6 heavy (non-hydrogen) atoms. The molecule has 0 saturated heterocycles. The van der Waals surface area contributed by atoms with E-state index in [1.165, 1.54) is 7.11 Å². The summed E-state index contributed by atoms with van der Waals surface area (Å²) in [4.78, 5) is 13.6. The van der Waals surface area contributed by atoms with Gasteiger partial charge >= 0.3 is 5.37 Å². The van der Waals surface area contributed by atoms with Crippen molar-refractivity contribution < 1.29 is 9.63 Å². The molecule has 0 rings (SSSR count). The van der Waals surface area contributed by atoms with E-state index in [1.807, 2.05) is 5.48 Å². The molecule has 0 unspecified atom stereocenters. The Morgan fingerprint density at radius 1 is 2.00 bits per heavy atom. The normalized spacial score (nSPS) is 7.67. The van der Waals surface area contributed by atoms with Gasteiger partial charge in [0, 0.05) is 0 Å². The maximum absolute atomic E-state index is 9.57. The fourth-order valence-electron chi connectivity index (χ4n) is 0.0802. The van der Waals surface area contributed by atoms with Crippen molar-refractivity contribution in [3.05, 3.63) is 0 Å². The summed E-state index contributed by atoms with van der Waals surface area (Å²) in [7, 11) is 1.31. The first-order valence-corrected chi connectivity index (χ1v) is 1.63. The zero-order chi connectivity index (χ0) is 4.99. The van der Waals surface area contributed by atoms with Crippen LogP contribution >= 0.6 is 11.6 Å². The number of nitrogens with one attached hydrogen (secondary N) is 1. The molecule has 0 radical (unpaired) electrons. The Hall–Kier alpha value is -0.280. The van der Waals surface area contributed by atoms with E-state index in [0.29, 0.717) is 0 Å². The fraction of sp³-hybridized carbons (Fsp3) is 0.500. The van der Waals surface area contributed by atoms with Gasteiger partial charge in [-0.2, -0.15) is 0 Å². The van der Waals surface area contributed by atoms with Crippen LogP contribution in [0.3, 0.4) is 0 Å². The standard InChI is InChI=1S/C2H4ClNO2/c1-6-4-2(3)5/h1H3,(H,4,5). The van der Waals surface area contributed by atoms with Crippen LogP contribution in [-0.4, -0.2) is 12.5 Å². The summed E-state index contributed by atoms with van der Waals surface area (Å²) >= 11 is 4.70. The molecule has 36 valence electrons. The first kappa shape index (κ1) is 5.72. The Morgan fingerprint density at radius 3 is 2.50 bits per heavy atom. The lowest BCUT2D eigenvalue weighted by atomic mass is 11.4. The summed E-state index contributed by atoms with van der Waals surface area (Å²) in [6, 6.07) is 0. The maximum atomic E-state index is 9.57. The van der Waals surface area contributed by atoms with Crippen molar-refractivity contribution >= 4 is 17.0 Å². The lowest BCUT2D eigenvalue weighted by Crippen LogP contribution is -2.13. The van der Waals surface area contributed by atoms with Crippen LogP contribution in [0.4, 0.5) is 4.79 Å². The Labute approximate surface area is 40.2 Å². The smallest absolute Gasteiger partial charge is 0.276 e. The Kier molecular flexibility index (Phi) is 2.80. The molecule has 0 saturated carbocycles. The molecule has 0 bridgehead atoms. The van der Waals surface area contributed by atoms with Crippen LogP contribution in [0.25, 0.3) is 0 Å². The first-order chi connectivity index (χ1) is 2.77. The summed E-state index contributed by atoms with van der Waals surface area (Å²) in [5.41, 5.74) is 1.83. The maximum Gasteiger partial charge on any atom is 0.337 e. The van der Waals surface area contributed by atoms with Gasteiger partial charge < -0.3 is 0 Å². The Balaban J connectivity index is 2.83. The molecule has 0 spiro atoms. The van der Waals surface area contributed by atoms with E-state index < -0.39 is 5.37 Å². The summed E-state index contributed by atoms with van der Waals surface area (Å²) < 4.78 is 0.